The quantitative estimate of drug-likeness (QED) is 0.288. The largest absolute Gasteiger partial charge is 0.867 e. The van der Waals surface area contributed by atoms with Crippen LogP contribution in [0.15, 0.2) is 71.6 Å². The Morgan fingerprint density at radius 2 is 1.96 bits per heavy atom. The zero-order valence-corrected chi connectivity index (χ0v) is 15.8. The summed E-state index contributed by atoms with van der Waals surface area (Å²) < 4.78 is 6.90. The van der Waals surface area contributed by atoms with E-state index in [1.165, 1.54) is 0 Å². The molecule has 0 aliphatic rings. The fourth-order valence-corrected chi connectivity index (χ4v) is 2.89. The van der Waals surface area contributed by atoms with Gasteiger partial charge in [0.15, 0.2) is 17.4 Å². The van der Waals surface area contributed by atoms with Crippen molar-refractivity contribution in [2.45, 2.75) is 13.2 Å². The molecule has 0 amide bonds. The molecule has 0 saturated carbocycles. The Morgan fingerprint density at radius 1 is 1.19 bits per heavy atom. The average Bonchev–Trinajstić information content (AvgIpc) is 3.21. The number of aliphatic hydroxyl groups excluding tert-OH is 1. The third-order valence-corrected chi connectivity index (χ3v) is 4.43. The molecule has 2 N–H and O–H groups in total. The summed E-state index contributed by atoms with van der Waals surface area (Å²) in [5, 5.41) is 26.2. The summed E-state index contributed by atoms with van der Waals surface area (Å²) in [7, 11) is 0. The van der Waals surface area contributed by atoms with Gasteiger partial charge in [0.05, 0.1) is 19.4 Å². The van der Waals surface area contributed by atoms with Gasteiger partial charge in [0.1, 0.15) is 5.76 Å². The number of furan rings is 1. The number of rotatable bonds is 6. The van der Waals surface area contributed by atoms with Crippen LogP contribution in [0.1, 0.15) is 16.9 Å². The second-order valence-corrected chi connectivity index (χ2v) is 6.57. The summed E-state index contributed by atoms with van der Waals surface area (Å²) >= 11 is 11.4. The second kappa shape index (κ2) is 8.81. The number of hydrogen-bond donors (Lipinski definition) is 2. The molecule has 1 aromatic carbocycles. The topological polar surface area (TPSA) is 72.3 Å². The molecule has 0 atom stereocenters. The van der Waals surface area contributed by atoms with Crippen LogP contribution in [-0.2, 0) is 13.2 Å². The van der Waals surface area contributed by atoms with Crippen LogP contribution >= 0.6 is 23.8 Å². The van der Waals surface area contributed by atoms with Crippen molar-refractivity contribution in [3.8, 4) is 0 Å². The maximum atomic E-state index is 13.1. The molecule has 0 aliphatic heterocycles. The first-order valence-electron chi connectivity index (χ1n) is 8.17. The van der Waals surface area contributed by atoms with Crippen LogP contribution in [0, 0.1) is 0 Å². The van der Waals surface area contributed by atoms with Crippen molar-refractivity contribution in [2.24, 2.45) is 0 Å². The molecule has 0 saturated heterocycles. The maximum absolute atomic E-state index is 13.1. The first-order valence-corrected chi connectivity index (χ1v) is 8.96. The smallest absolute Gasteiger partial charge is 0.237 e. The molecule has 7 heteroatoms. The van der Waals surface area contributed by atoms with E-state index in [2.05, 4.69) is 5.32 Å². The standard InChI is InChI=1S/C20H17ClN2O3S/c21-16-7-5-15(6-8-16)19(25)18(23-9-1-3-14(12-23)13-24)20(27)22-11-17-4-2-10-26-17/h1-10,12,24H,11,13H2,(H-,22,25,27). The molecule has 138 valence electrons. The molecule has 3 rings (SSSR count). The van der Waals surface area contributed by atoms with Crippen LogP contribution in [-0.4, -0.2) is 10.1 Å². The molecule has 0 fully saturated rings. The van der Waals surface area contributed by atoms with Crippen LogP contribution in [0.5, 0.6) is 0 Å². The van der Waals surface area contributed by atoms with Crippen LogP contribution in [0.25, 0.3) is 11.5 Å². The summed E-state index contributed by atoms with van der Waals surface area (Å²) in [6, 6.07) is 13.7. The van der Waals surface area contributed by atoms with Gasteiger partial charge >= 0.3 is 0 Å². The van der Waals surface area contributed by atoms with Crippen molar-refractivity contribution in [3.05, 3.63) is 89.1 Å². The van der Waals surface area contributed by atoms with Gasteiger partial charge in [-0.3, -0.25) is 0 Å². The molecule has 3 aromatic rings. The number of nitrogens with zero attached hydrogens (tertiary/aromatic N) is 1. The van der Waals surface area contributed by atoms with Gasteiger partial charge in [-0.15, -0.1) is 0 Å². The van der Waals surface area contributed by atoms with Crippen LogP contribution < -0.4 is 15.0 Å². The van der Waals surface area contributed by atoms with E-state index in [0.29, 0.717) is 28.5 Å². The van der Waals surface area contributed by atoms with Gasteiger partial charge in [-0.25, -0.2) is 0 Å². The first-order chi connectivity index (χ1) is 13.1. The van der Waals surface area contributed by atoms with E-state index in [0.717, 1.165) is 0 Å². The van der Waals surface area contributed by atoms with E-state index < -0.39 is 0 Å². The maximum Gasteiger partial charge on any atom is 0.237 e. The minimum atomic E-state index is -0.260. The summed E-state index contributed by atoms with van der Waals surface area (Å²) in [5.74, 6) is 0.438. The Hall–Kier alpha value is -2.67. The molecule has 27 heavy (non-hydrogen) atoms. The van der Waals surface area contributed by atoms with Gasteiger partial charge in [-0.05, 0) is 41.7 Å². The summed E-state index contributed by atoms with van der Waals surface area (Å²) in [5.41, 5.74) is 1.39. The van der Waals surface area contributed by atoms with Gasteiger partial charge in [-0.2, -0.15) is 4.57 Å². The minimum Gasteiger partial charge on any atom is -0.867 e. The lowest BCUT2D eigenvalue weighted by Gasteiger charge is -2.17. The Morgan fingerprint density at radius 3 is 2.63 bits per heavy atom. The molecular weight excluding hydrogens is 384 g/mol. The highest BCUT2D eigenvalue weighted by atomic mass is 35.5. The summed E-state index contributed by atoms with van der Waals surface area (Å²) in [6.45, 7) is 0.208. The monoisotopic (exact) mass is 400 g/mol. The summed E-state index contributed by atoms with van der Waals surface area (Å²) in [4.78, 5) is 0.270. The number of hydrogen-bond acceptors (Lipinski definition) is 4. The second-order valence-electron chi connectivity index (χ2n) is 5.72. The van der Waals surface area contributed by atoms with E-state index in [-0.39, 0.29) is 23.1 Å². The zero-order valence-electron chi connectivity index (χ0n) is 14.3. The van der Waals surface area contributed by atoms with E-state index >= 15 is 0 Å². The van der Waals surface area contributed by atoms with Gasteiger partial charge in [0, 0.05) is 16.7 Å². The molecule has 0 bridgehead atoms. The lowest BCUT2D eigenvalue weighted by Crippen LogP contribution is -2.42. The predicted octanol–water partition coefficient (Wildman–Crippen LogP) is 2.52. The Kier molecular flexibility index (Phi) is 6.24. The van der Waals surface area contributed by atoms with Crippen LogP contribution in [0.2, 0.25) is 5.02 Å². The highest BCUT2D eigenvalue weighted by Gasteiger charge is 2.19. The normalized spacial score (nSPS) is 11.8. The Labute approximate surface area is 167 Å². The molecule has 5 nitrogen and oxygen atoms in total. The highest BCUT2D eigenvalue weighted by molar-refractivity contribution is 7.81. The number of pyridine rings is 1. The van der Waals surface area contributed by atoms with E-state index in [4.69, 9.17) is 28.2 Å². The number of aliphatic hydroxyl groups is 1. The predicted molar refractivity (Wildman–Crippen MR) is 105 cm³/mol. The molecular formula is C20H17ClN2O3S. The van der Waals surface area contributed by atoms with Crippen molar-refractivity contribution in [2.75, 3.05) is 0 Å². The SMILES string of the molecule is [O-]/C(=C(\C(=S)NCc1ccco1)[n+]1cccc(CO)c1)c1ccc(Cl)cc1. The van der Waals surface area contributed by atoms with E-state index in [9.17, 15) is 10.2 Å². The van der Waals surface area contributed by atoms with Crippen molar-refractivity contribution < 1.29 is 19.2 Å². The van der Waals surface area contributed by atoms with E-state index in [1.54, 1.807) is 65.7 Å². The van der Waals surface area contributed by atoms with Crippen molar-refractivity contribution in [1.82, 2.24) is 5.32 Å². The van der Waals surface area contributed by atoms with Gasteiger partial charge in [0.2, 0.25) is 5.70 Å². The third kappa shape index (κ3) is 4.74. The number of halogens is 1. The molecule has 0 radical (unpaired) electrons. The number of thiocarbonyl (C=S) groups is 1. The summed E-state index contributed by atoms with van der Waals surface area (Å²) in [6.07, 6.45) is 4.95. The zero-order chi connectivity index (χ0) is 19.2. The van der Waals surface area contributed by atoms with Gasteiger partial charge in [0.25, 0.3) is 0 Å². The number of aromatic nitrogens is 1. The molecule has 0 spiro atoms. The van der Waals surface area contributed by atoms with Crippen molar-refractivity contribution in [3.63, 3.8) is 0 Å². The van der Waals surface area contributed by atoms with Gasteiger partial charge in [-0.1, -0.05) is 36.0 Å². The minimum absolute atomic E-state index is 0.143. The molecule has 2 aromatic heterocycles. The van der Waals surface area contributed by atoms with Crippen LogP contribution in [0.3, 0.4) is 0 Å². The van der Waals surface area contributed by atoms with E-state index in [1.807, 2.05) is 6.07 Å². The lowest BCUT2D eigenvalue weighted by molar-refractivity contribution is -0.578. The first kappa shape index (κ1) is 19.1. The number of benzene rings is 1. The van der Waals surface area contributed by atoms with Crippen molar-refractivity contribution in [1.29, 1.82) is 0 Å². The Bertz CT molecular complexity index is 954. The fourth-order valence-electron chi connectivity index (χ4n) is 2.50. The van der Waals surface area contributed by atoms with Gasteiger partial charge < -0.3 is 19.9 Å². The number of nitrogens with one attached hydrogen (secondary N) is 1. The molecule has 0 unspecified atom stereocenters. The Balaban J connectivity index is 2.00. The highest BCUT2D eigenvalue weighted by Crippen LogP contribution is 2.18. The van der Waals surface area contributed by atoms with Crippen molar-refractivity contribution >= 4 is 40.3 Å². The fraction of sp³-hybridized carbons (Fsp3) is 0.100. The lowest BCUT2D eigenvalue weighted by atomic mass is 10.1. The van der Waals surface area contributed by atoms with Crippen LogP contribution in [0.4, 0.5) is 0 Å². The molecule has 0 aliphatic carbocycles. The third-order valence-electron chi connectivity index (χ3n) is 3.84. The average molecular weight is 401 g/mol. The molecule has 2 heterocycles.